The summed E-state index contributed by atoms with van der Waals surface area (Å²) in [7, 11) is 1.99. The molecule has 2 aliphatic rings. The molecule has 1 aliphatic heterocycles. The summed E-state index contributed by atoms with van der Waals surface area (Å²) >= 11 is 0. The van der Waals surface area contributed by atoms with Crippen LogP contribution in [0, 0.1) is 0 Å². The van der Waals surface area contributed by atoms with Crippen LogP contribution in [0.15, 0.2) is 12.1 Å². The van der Waals surface area contributed by atoms with E-state index in [0.29, 0.717) is 23.8 Å². The van der Waals surface area contributed by atoms with Crippen LogP contribution in [0.1, 0.15) is 75.0 Å². The Labute approximate surface area is 171 Å². The van der Waals surface area contributed by atoms with Crippen molar-refractivity contribution >= 4 is 28.5 Å². The smallest absolute Gasteiger partial charge is 0.253 e. The third-order valence-electron chi connectivity index (χ3n) is 5.70. The Bertz CT molecular complexity index is 947. The second-order valence-electron chi connectivity index (χ2n) is 9.24. The van der Waals surface area contributed by atoms with E-state index in [4.69, 9.17) is 9.72 Å². The summed E-state index contributed by atoms with van der Waals surface area (Å²) in [5.74, 6) is 1.12. The molecule has 29 heavy (non-hydrogen) atoms. The van der Waals surface area contributed by atoms with E-state index in [-0.39, 0.29) is 17.4 Å². The number of ether oxygens (including phenoxy) is 1. The van der Waals surface area contributed by atoms with Gasteiger partial charge in [0.25, 0.3) is 11.8 Å². The highest BCUT2D eigenvalue weighted by atomic mass is 16.5. The zero-order valence-electron chi connectivity index (χ0n) is 17.7. The topological polar surface area (TPSA) is 85.3 Å². The summed E-state index contributed by atoms with van der Waals surface area (Å²) in [6.07, 6.45) is 4.65. The highest BCUT2D eigenvalue weighted by molar-refractivity contribution is 6.06. The first-order valence-electron chi connectivity index (χ1n) is 10.5. The van der Waals surface area contributed by atoms with E-state index in [1.54, 1.807) is 6.07 Å². The number of benzene rings is 1. The monoisotopic (exact) mass is 398 g/mol. The molecule has 2 heterocycles. The number of carbonyl (C=O) groups is 2. The van der Waals surface area contributed by atoms with Crippen LogP contribution in [0.4, 0.5) is 5.69 Å². The number of fused-ring (bicyclic) bond motifs is 1. The molecule has 1 saturated carbocycles. The van der Waals surface area contributed by atoms with Crippen LogP contribution >= 0.6 is 0 Å². The van der Waals surface area contributed by atoms with Gasteiger partial charge in [0.05, 0.1) is 16.7 Å². The van der Waals surface area contributed by atoms with Crippen LogP contribution in [-0.2, 0) is 16.6 Å². The Morgan fingerprint density at radius 3 is 2.52 bits per heavy atom. The maximum absolute atomic E-state index is 12.8. The minimum absolute atomic E-state index is 0.163. The van der Waals surface area contributed by atoms with E-state index in [2.05, 4.69) is 15.2 Å². The molecule has 1 aromatic heterocycles. The molecule has 1 atom stereocenters. The second-order valence-corrected chi connectivity index (χ2v) is 9.24. The predicted molar refractivity (Wildman–Crippen MR) is 112 cm³/mol. The Balaban J connectivity index is 1.75. The number of carbonyl (C=O) groups excluding carboxylic acids is 2. The number of hydrogen-bond donors (Lipinski definition) is 2. The van der Waals surface area contributed by atoms with Gasteiger partial charge in [-0.2, -0.15) is 0 Å². The van der Waals surface area contributed by atoms with E-state index in [0.717, 1.165) is 42.5 Å². The predicted octanol–water partition coefficient (Wildman–Crippen LogP) is 3.49. The zero-order valence-corrected chi connectivity index (χ0v) is 17.7. The minimum Gasteiger partial charge on any atom is -0.368 e. The van der Waals surface area contributed by atoms with Crippen LogP contribution < -0.4 is 10.6 Å². The average Bonchev–Trinajstić information content (AvgIpc) is 3.21. The number of rotatable bonds is 4. The highest BCUT2D eigenvalue weighted by Crippen LogP contribution is 2.38. The summed E-state index contributed by atoms with van der Waals surface area (Å²) in [4.78, 5) is 30.4. The van der Waals surface area contributed by atoms with Crippen LogP contribution in [-0.4, -0.2) is 39.6 Å². The number of amides is 2. The van der Waals surface area contributed by atoms with Gasteiger partial charge in [-0.15, -0.1) is 0 Å². The normalized spacial score (nSPS) is 19.9. The first-order valence-corrected chi connectivity index (χ1v) is 10.5. The number of aryl methyl sites for hydroxylation is 1. The van der Waals surface area contributed by atoms with E-state index in [1.807, 2.05) is 33.9 Å². The third kappa shape index (κ3) is 4.01. The average molecular weight is 399 g/mol. The number of anilines is 1. The molecule has 0 radical (unpaired) electrons. The van der Waals surface area contributed by atoms with Crippen molar-refractivity contribution in [2.24, 2.45) is 7.05 Å². The third-order valence-corrected chi connectivity index (χ3v) is 5.70. The van der Waals surface area contributed by atoms with Gasteiger partial charge in [0.1, 0.15) is 11.9 Å². The first-order chi connectivity index (χ1) is 13.7. The molecule has 0 spiro atoms. The molecule has 0 bridgehead atoms. The molecule has 7 nitrogen and oxygen atoms in total. The second kappa shape index (κ2) is 7.44. The standard InChI is InChI=1S/C22H30N4O3/c1-22(2,3)25-20(27)14-11-15-18(26(4)19(23-15)13-7-5-8-13)16(12-14)24-21(28)17-9-6-10-29-17/h11-13,17H,5-10H2,1-4H3,(H,24,28)(H,25,27)/t17-/m1/s1. The van der Waals surface area contributed by atoms with Crippen LogP contribution in [0.25, 0.3) is 11.0 Å². The largest absolute Gasteiger partial charge is 0.368 e. The van der Waals surface area contributed by atoms with Gasteiger partial charge in [-0.25, -0.2) is 4.98 Å². The van der Waals surface area contributed by atoms with Gasteiger partial charge in [-0.05, 0) is 58.6 Å². The van der Waals surface area contributed by atoms with E-state index in [1.165, 1.54) is 6.42 Å². The lowest BCUT2D eigenvalue weighted by Crippen LogP contribution is -2.40. The van der Waals surface area contributed by atoms with Crippen molar-refractivity contribution in [1.82, 2.24) is 14.9 Å². The lowest BCUT2D eigenvalue weighted by atomic mass is 9.85. The molecule has 156 valence electrons. The highest BCUT2D eigenvalue weighted by Gasteiger charge is 2.28. The maximum Gasteiger partial charge on any atom is 0.253 e. The van der Waals surface area contributed by atoms with Crippen molar-refractivity contribution in [3.63, 3.8) is 0 Å². The Morgan fingerprint density at radius 1 is 1.17 bits per heavy atom. The summed E-state index contributed by atoms with van der Waals surface area (Å²) < 4.78 is 7.59. The van der Waals surface area contributed by atoms with E-state index < -0.39 is 6.10 Å². The van der Waals surface area contributed by atoms with Crippen LogP contribution in [0.5, 0.6) is 0 Å². The van der Waals surface area contributed by atoms with E-state index in [9.17, 15) is 9.59 Å². The van der Waals surface area contributed by atoms with Gasteiger partial charge in [0, 0.05) is 30.7 Å². The SMILES string of the molecule is Cn1c(C2CCC2)nc2cc(C(=O)NC(C)(C)C)cc(NC(=O)[C@H]3CCCO3)c21. The Hall–Kier alpha value is -2.41. The van der Waals surface area contributed by atoms with Gasteiger partial charge in [0.2, 0.25) is 0 Å². The Morgan fingerprint density at radius 2 is 1.93 bits per heavy atom. The Kier molecular flexibility index (Phi) is 5.11. The summed E-state index contributed by atoms with van der Waals surface area (Å²) in [6, 6.07) is 3.57. The van der Waals surface area contributed by atoms with Gasteiger partial charge < -0.3 is 19.9 Å². The lowest BCUT2D eigenvalue weighted by molar-refractivity contribution is -0.124. The van der Waals surface area contributed by atoms with Crippen molar-refractivity contribution in [2.75, 3.05) is 11.9 Å². The first kappa shape index (κ1) is 19.9. The van der Waals surface area contributed by atoms with E-state index >= 15 is 0 Å². The molecule has 4 rings (SSSR count). The fraction of sp³-hybridized carbons (Fsp3) is 0.591. The number of hydrogen-bond acceptors (Lipinski definition) is 4. The molecule has 2 fully saturated rings. The van der Waals surface area contributed by atoms with Crippen molar-refractivity contribution in [3.05, 3.63) is 23.5 Å². The number of aromatic nitrogens is 2. The molecule has 0 unspecified atom stereocenters. The molecule has 2 aromatic rings. The minimum atomic E-state index is -0.434. The fourth-order valence-electron chi connectivity index (χ4n) is 4.04. The summed E-state index contributed by atoms with van der Waals surface area (Å²) in [5, 5.41) is 6.00. The van der Waals surface area contributed by atoms with Gasteiger partial charge in [-0.1, -0.05) is 6.42 Å². The number of nitrogens with zero attached hydrogens (tertiary/aromatic N) is 2. The number of imidazole rings is 1. The fourth-order valence-corrected chi connectivity index (χ4v) is 4.04. The van der Waals surface area contributed by atoms with Crippen molar-refractivity contribution < 1.29 is 14.3 Å². The molecule has 2 N–H and O–H groups in total. The molecule has 2 amide bonds. The zero-order chi connectivity index (χ0) is 20.8. The molecule has 1 saturated heterocycles. The van der Waals surface area contributed by atoms with Crippen molar-refractivity contribution in [1.29, 1.82) is 0 Å². The number of nitrogens with one attached hydrogen (secondary N) is 2. The quantitative estimate of drug-likeness (QED) is 0.826. The molecule has 7 heteroatoms. The van der Waals surface area contributed by atoms with Gasteiger partial charge in [-0.3, -0.25) is 9.59 Å². The van der Waals surface area contributed by atoms with Crippen LogP contribution in [0.2, 0.25) is 0 Å². The van der Waals surface area contributed by atoms with Gasteiger partial charge in [0.15, 0.2) is 0 Å². The van der Waals surface area contributed by atoms with Crippen molar-refractivity contribution in [2.45, 2.75) is 70.4 Å². The molecular formula is C22H30N4O3. The van der Waals surface area contributed by atoms with Crippen LogP contribution in [0.3, 0.4) is 0 Å². The molecule has 1 aromatic carbocycles. The lowest BCUT2D eigenvalue weighted by Gasteiger charge is -2.24. The summed E-state index contributed by atoms with van der Waals surface area (Å²) in [6.45, 7) is 6.44. The molecular weight excluding hydrogens is 368 g/mol. The summed E-state index contributed by atoms with van der Waals surface area (Å²) in [5.41, 5.74) is 2.34. The molecule has 1 aliphatic carbocycles. The van der Waals surface area contributed by atoms with Gasteiger partial charge >= 0.3 is 0 Å². The van der Waals surface area contributed by atoms with Crippen molar-refractivity contribution in [3.8, 4) is 0 Å². The maximum atomic E-state index is 12.8.